The maximum Gasteiger partial charge on any atom is 0.254 e. The average Bonchev–Trinajstić information content (AvgIpc) is 3.04. The SMILES string of the molecule is Cc1cc(C)c(CNC(=O)c2c(C)n(C(C)c3ccccc3)c3cnccc23)c(=O)[nH]1. The molecule has 2 N–H and O–H groups in total. The van der Waals surface area contributed by atoms with E-state index in [0.717, 1.165) is 33.4 Å². The molecule has 0 saturated heterocycles. The summed E-state index contributed by atoms with van der Waals surface area (Å²) in [5, 5.41) is 3.80. The fourth-order valence-electron chi connectivity index (χ4n) is 4.31. The Hall–Kier alpha value is -3.67. The predicted molar refractivity (Wildman–Crippen MR) is 122 cm³/mol. The van der Waals surface area contributed by atoms with Crippen LogP contribution in [0.25, 0.3) is 10.9 Å². The lowest BCUT2D eigenvalue weighted by atomic mass is 10.1. The molecule has 1 aromatic carbocycles. The van der Waals surface area contributed by atoms with Crippen molar-refractivity contribution >= 4 is 16.8 Å². The molecule has 0 bridgehead atoms. The molecule has 1 amide bonds. The normalized spacial score (nSPS) is 12.1. The highest BCUT2D eigenvalue weighted by Crippen LogP contribution is 2.31. The number of hydrogen-bond donors (Lipinski definition) is 2. The van der Waals surface area contributed by atoms with E-state index in [4.69, 9.17) is 0 Å². The van der Waals surface area contributed by atoms with Crippen molar-refractivity contribution in [3.8, 4) is 0 Å². The van der Waals surface area contributed by atoms with Crippen molar-refractivity contribution in [3.05, 3.63) is 98.9 Å². The summed E-state index contributed by atoms with van der Waals surface area (Å²) < 4.78 is 2.15. The molecule has 31 heavy (non-hydrogen) atoms. The van der Waals surface area contributed by atoms with Crippen molar-refractivity contribution in [3.63, 3.8) is 0 Å². The van der Waals surface area contributed by atoms with E-state index in [1.54, 1.807) is 12.4 Å². The number of nitrogens with one attached hydrogen (secondary N) is 2. The van der Waals surface area contributed by atoms with Gasteiger partial charge >= 0.3 is 0 Å². The van der Waals surface area contributed by atoms with Gasteiger partial charge in [0.2, 0.25) is 0 Å². The van der Waals surface area contributed by atoms with Gasteiger partial charge in [0.05, 0.1) is 23.3 Å². The Balaban J connectivity index is 1.72. The van der Waals surface area contributed by atoms with Crippen molar-refractivity contribution in [2.24, 2.45) is 0 Å². The van der Waals surface area contributed by atoms with Crippen LogP contribution in [0.1, 0.15) is 51.4 Å². The number of rotatable bonds is 5. The summed E-state index contributed by atoms with van der Waals surface area (Å²) in [6, 6.07) is 14.0. The van der Waals surface area contributed by atoms with Crippen molar-refractivity contribution in [1.82, 2.24) is 19.9 Å². The van der Waals surface area contributed by atoms with Crippen LogP contribution in [0.3, 0.4) is 0 Å². The molecule has 0 fully saturated rings. The molecular formula is C25H26N4O2. The van der Waals surface area contributed by atoms with E-state index in [-0.39, 0.29) is 24.1 Å². The molecule has 0 aliphatic rings. The first-order valence-electron chi connectivity index (χ1n) is 10.4. The highest BCUT2D eigenvalue weighted by molar-refractivity contribution is 6.08. The summed E-state index contributed by atoms with van der Waals surface area (Å²) in [6.07, 6.45) is 3.50. The Morgan fingerprint density at radius 2 is 1.90 bits per heavy atom. The molecule has 4 aromatic rings. The molecule has 3 aromatic heterocycles. The molecule has 1 unspecified atom stereocenters. The van der Waals surface area contributed by atoms with E-state index < -0.39 is 0 Å². The first kappa shape index (κ1) is 20.6. The van der Waals surface area contributed by atoms with Crippen molar-refractivity contribution in [1.29, 1.82) is 0 Å². The minimum Gasteiger partial charge on any atom is -0.348 e. The first-order valence-corrected chi connectivity index (χ1v) is 10.4. The Labute approximate surface area is 181 Å². The molecule has 3 heterocycles. The number of hydrogen-bond acceptors (Lipinski definition) is 3. The average molecular weight is 415 g/mol. The van der Waals surface area contributed by atoms with E-state index in [2.05, 4.69) is 38.9 Å². The van der Waals surface area contributed by atoms with Gasteiger partial charge in [0.1, 0.15) is 0 Å². The second-order valence-corrected chi connectivity index (χ2v) is 7.94. The van der Waals surface area contributed by atoms with E-state index in [1.807, 2.05) is 51.1 Å². The van der Waals surface area contributed by atoms with E-state index in [0.29, 0.717) is 11.1 Å². The van der Waals surface area contributed by atoms with E-state index in [1.165, 1.54) is 0 Å². The van der Waals surface area contributed by atoms with Crippen molar-refractivity contribution in [2.75, 3.05) is 0 Å². The number of nitrogens with zero attached hydrogens (tertiary/aromatic N) is 2. The zero-order chi connectivity index (χ0) is 22.1. The largest absolute Gasteiger partial charge is 0.348 e. The van der Waals surface area contributed by atoms with Gasteiger partial charge in [-0.2, -0.15) is 0 Å². The third kappa shape index (κ3) is 3.77. The second-order valence-electron chi connectivity index (χ2n) is 7.94. The number of aromatic nitrogens is 3. The van der Waals surface area contributed by atoms with Gasteiger partial charge in [0.25, 0.3) is 11.5 Å². The van der Waals surface area contributed by atoms with Crippen LogP contribution in [0.2, 0.25) is 0 Å². The molecule has 4 rings (SSSR count). The van der Waals surface area contributed by atoms with Crippen molar-refractivity contribution < 1.29 is 4.79 Å². The van der Waals surface area contributed by atoms with Gasteiger partial charge in [0, 0.05) is 35.1 Å². The number of aryl methyl sites for hydroxylation is 2. The summed E-state index contributed by atoms with van der Waals surface area (Å²) in [4.78, 5) is 32.7. The molecule has 0 saturated carbocycles. The van der Waals surface area contributed by atoms with Gasteiger partial charge in [-0.15, -0.1) is 0 Å². The molecule has 6 nitrogen and oxygen atoms in total. The summed E-state index contributed by atoms with van der Waals surface area (Å²) in [5.41, 5.74) is 5.61. The summed E-state index contributed by atoms with van der Waals surface area (Å²) in [5.74, 6) is -0.202. The van der Waals surface area contributed by atoms with Crippen LogP contribution in [0, 0.1) is 20.8 Å². The number of pyridine rings is 2. The van der Waals surface area contributed by atoms with Crippen LogP contribution in [-0.2, 0) is 6.54 Å². The lowest BCUT2D eigenvalue weighted by Gasteiger charge is -2.18. The topological polar surface area (TPSA) is 79.8 Å². The van der Waals surface area contributed by atoms with Gasteiger partial charge in [-0.25, -0.2) is 0 Å². The van der Waals surface area contributed by atoms with Gasteiger partial charge in [0.15, 0.2) is 0 Å². The van der Waals surface area contributed by atoms with Crippen LogP contribution < -0.4 is 10.9 Å². The predicted octanol–water partition coefficient (Wildman–Crippen LogP) is 4.19. The van der Waals surface area contributed by atoms with Gasteiger partial charge in [-0.1, -0.05) is 30.3 Å². The monoisotopic (exact) mass is 414 g/mol. The fourth-order valence-corrected chi connectivity index (χ4v) is 4.31. The Morgan fingerprint density at radius 3 is 2.61 bits per heavy atom. The van der Waals surface area contributed by atoms with Crippen LogP contribution in [0.5, 0.6) is 0 Å². The smallest absolute Gasteiger partial charge is 0.254 e. The van der Waals surface area contributed by atoms with Crippen LogP contribution in [0.15, 0.2) is 59.7 Å². The second kappa shape index (κ2) is 8.22. The van der Waals surface area contributed by atoms with Crippen molar-refractivity contribution in [2.45, 2.75) is 40.3 Å². The van der Waals surface area contributed by atoms with Crippen LogP contribution in [-0.4, -0.2) is 20.4 Å². The van der Waals surface area contributed by atoms with E-state index >= 15 is 0 Å². The number of fused-ring (bicyclic) bond motifs is 1. The molecule has 1 atom stereocenters. The number of carbonyl (C=O) groups excluding carboxylic acids is 1. The third-order valence-corrected chi connectivity index (χ3v) is 5.87. The molecule has 0 aliphatic heterocycles. The molecule has 6 heteroatoms. The minimum atomic E-state index is -0.202. The lowest BCUT2D eigenvalue weighted by molar-refractivity contribution is 0.0951. The minimum absolute atomic E-state index is 0.0386. The fraction of sp³-hybridized carbons (Fsp3) is 0.240. The number of aromatic amines is 1. The quantitative estimate of drug-likeness (QED) is 0.514. The summed E-state index contributed by atoms with van der Waals surface area (Å²) >= 11 is 0. The summed E-state index contributed by atoms with van der Waals surface area (Å²) in [6.45, 7) is 7.97. The number of H-pyrrole nitrogens is 1. The first-order chi connectivity index (χ1) is 14.9. The third-order valence-electron chi connectivity index (χ3n) is 5.87. The van der Waals surface area contributed by atoms with E-state index in [9.17, 15) is 9.59 Å². The highest BCUT2D eigenvalue weighted by Gasteiger charge is 2.23. The number of benzene rings is 1. The zero-order valence-electron chi connectivity index (χ0n) is 18.2. The molecule has 0 aliphatic carbocycles. The zero-order valence-corrected chi connectivity index (χ0v) is 18.2. The molecule has 0 radical (unpaired) electrons. The Bertz CT molecular complexity index is 1320. The highest BCUT2D eigenvalue weighted by atomic mass is 16.2. The van der Waals surface area contributed by atoms with Gasteiger partial charge in [-0.05, 0) is 51.0 Å². The Morgan fingerprint density at radius 1 is 1.16 bits per heavy atom. The number of amides is 1. The molecule has 0 spiro atoms. The standard InChI is InChI=1S/C25H26N4O2/c1-15-12-16(2)28-24(30)21(15)13-27-25(31)23-18(4)29(22-14-26-11-10-20(22)23)17(3)19-8-6-5-7-9-19/h5-12,14,17H,13H2,1-4H3,(H,27,31)(H,28,30). The Kier molecular flexibility index (Phi) is 5.46. The lowest BCUT2D eigenvalue weighted by Crippen LogP contribution is -2.28. The van der Waals surface area contributed by atoms with Crippen LogP contribution >= 0.6 is 0 Å². The molecule has 158 valence electrons. The molecular weight excluding hydrogens is 388 g/mol. The summed E-state index contributed by atoms with van der Waals surface area (Å²) in [7, 11) is 0. The van der Waals surface area contributed by atoms with Gasteiger partial charge < -0.3 is 14.9 Å². The van der Waals surface area contributed by atoms with Gasteiger partial charge in [-0.3, -0.25) is 14.6 Å². The maximum absolute atomic E-state index is 13.3. The van der Waals surface area contributed by atoms with Crippen LogP contribution in [0.4, 0.5) is 0 Å². The number of carbonyl (C=O) groups is 1. The maximum atomic E-state index is 13.3.